The zero-order valence-corrected chi connectivity index (χ0v) is 11.8. The summed E-state index contributed by atoms with van der Waals surface area (Å²) in [5.41, 5.74) is 0.572. The van der Waals surface area contributed by atoms with Crippen molar-refractivity contribution in [1.29, 1.82) is 5.26 Å². The van der Waals surface area contributed by atoms with Crippen LogP contribution in [0.1, 0.15) is 30.2 Å². The lowest BCUT2D eigenvalue weighted by atomic mass is 10.2. The van der Waals surface area contributed by atoms with Crippen molar-refractivity contribution in [3.8, 4) is 6.07 Å². The van der Waals surface area contributed by atoms with Gasteiger partial charge in [-0.2, -0.15) is 5.26 Å². The van der Waals surface area contributed by atoms with Crippen molar-refractivity contribution in [2.75, 3.05) is 25.0 Å². The van der Waals surface area contributed by atoms with Crippen molar-refractivity contribution in [3.63, 3.8) is 0 Å². The molecule has 2 aromatic rings. The summed E-state index contributed by atoms with van der Waals surface area (Å²) in [7, 11) is 0. The van der Waals surface area contributed by atoms with Crippen molar-refractivity contribution in [1.82, 2.24) is 9.88 Å². The lowest BCUT2D eigenvalue weighted by Crippen LogP contribution is -2.30. The third kappa shape index (κ3) is 3.23. The lowest BCUT2D eigenvalue weighted by Gasteiger charge is -2.26. The minimum atomic E-state index is 0.222. The summed E-state index contributed by atoms with van der Waals surface area (Å²) in [6.45, 7) is 2.95. The Bertz CT molecular complexity index is 594. The predicted molar refractivity (Wildman–Crippen MR) is 79.7 cm³/mol. The Morgan fingerprint density at radius 1 is 1.33 bits per heavy atom. The Balaban J connectivity index is 1.68. The van der Waals surface area contributed by atoms with Gasteiger partial charge in [-0.05, 0) is 50.2 Å². The molecule has 1 atom stereocenters. The van der Waals surface area contributed by atoms with E-state index >= 15 is 0 Å². The third-order valence-corrected chi connectivity index (χ3v) is 3.82. The van der Waals surface area contributed by atoms with Gasteiger partial charge in [0.05, 0.1) is 17.9 Å². The van der Waals surface area contributed by atoms with E-state index in [0.29, 0.717) is 5.56 Å². The smallest absolute Gasteiger partial charge is 0.126 e. The van der Waals surface area contributed by atoms with E-state index in [1.165, 1.54) is 12.8 Å². The van der Waals surface area contributed by atoms with Crippen LogP contribution in [-0.4, -0.2) is 29.5 Å². The number of nitriles is 1. The second kappa shape index (κ2) is 6.42. The van der Waals surface area contributed by atoms with Gasteiger partial charge in [-0.3, -0.25) is 4.90 Å². The van der Waals surface area contributed by atoms with Crippen molar-refractivity contribution in [2.24, 2.45) is 0 Å². The molecule has 2 aromatic heterocycles. The van der Waals surface area contributed by atoms with Crippen LogP contribution in [0.4, 0.5) is 5.82 Å². The Kier molecular flexibility index (Phi) is 4.17. The van der Waals surface area contributed by atoms with Gasteiger partial charge < -0.3 is 9.73 Å². The van der Waals surface area contributed by atoms with Crippen LogP contribution in [0.15, 0.2) is 41.1 Å². The van der Waals surface area contributed by atoms with E-state index in [4.69, 9.17) is 9.68 Å². The molecule has 5 nitrogen and oxygen atoms in total. The number of pyridine rings is 1. The van der Waals surface area contributed by atoms with Gasteiger partial charge >= 0.3 is 0 Å². The third-order valence-electron chi connectivity index (χ3n) is 3.82. The van der Waals surface area contributed by atoms with Gasteiger partial charge in [-0.1, -0.05) is 0 Å². The number of likely N-dealkylation sites (tertiary alicyclic amines) is 1. The lowest BCUT2D eigenvalue weighted by molar-refractivity contribution is 0.225. The Morgan fingerprint density at radius 3 is 2.81 bits per heavy atom. The molecule has 5 heteroatoms. The maximum Gasteiger partial charge on any atom is 0.126 e. The molecule has 1 aliphatic heterocycles. The van der Waals surface area contributed by atoms with E-state index < -0.39 is 0 Å². The average molecular weight is 282 g/mol. The molecule has 108 valence electrons. The molecule has 0 radical (unpaired) electrons. The van der Waals surface area contributed by atoms with Gasteiger partial charge in [-0.15, -0.1) is 0 Å². The molecule has 3 rings (SSSR count). The highest BCUT2D eigenvalue weighted by molar-refractivity contribution is 5.39. The fourth-order valence-corrected chi connectivity index (χ4v) is 2.71. The molecule has 1 unspecified atom stereocenters. The van der Waals surface area contributed by atoms with Crippen LogP contribution in [0.2, 0.25) is 0 Å². The van der Waals surface area contributed by atoms with E-state index in [9.17, 15) is 0 Å². The first kappa shape index (κ1) is 13.7. The fraction of sp³-hybridized carbons (Fsp3) is 0.375. The Hall–Kier alpha value is -2.32. The molecule has 1 N–H and O–H groups in total. The molecule has 0 aliphatic carbocycles. The molecule has 0 aromatic carbocycles. The summed E-state index contributed by atoms with van der Waals surface area (Å²) in [6.07, 6.45) is 5.79. The zero-order valence-electron chi connectivity index (χ0n) is 11.8. The van der Waals surface area contributed by atoms with Crippen LogP contribution in [0.3, 0.4) is 0 Å². The van der Waals surface area contributed by atoms with Gasteiger partial charge in [0.2, 0.25) is 0 Å². The van der Waals surface area contributed by atoms with E-state index in [1.807, 2.05) is 18.2 Å². The Labute approximate surface area is 124 Å². The zero-order chi connectivity index (χ0) is 14.5. The number of nitrogens with one attached hydrogen (secondary N) is 1. The molecule has 21 heavy (non-hydrogen) atoms. The summed E-state index contributed by atoms with van der Waals surface area (Å²) in [5, 5.41) is 12.1. The van der Waals surface area contributed by atoms with Gasteiger partial charge in [0, 0.05) is 12.7 Å². The second-order valence-corrected chi connectivity index (χ2v) is 5.20. The predicted octanol–water partition coefficient (Wildman–Crippen LogP) is 2.80. The molecule has 3 heterocycles. The minimum absolute atomic E-state index is 0.222. The van der Waals surface area contributed by atoms with E-state index in [0.717, 1.165) is 31.2 Å². The van der Waals surface area contributed by atoms with E-state index in [1.54, 1.807) is 18.5 Å². The van der Waals surface area contributed by atoms with Gasteiger partial charge in [0.15, 0.2) is 0 Å². The largest absolute Gasteiger partial charge is 0.468 e. The molecule has 0 bridgehead atoms. The number of hydrogen-bond donors (Lipinski definition) is 1. The number of aromatic nitrogens is 1. The second-order valence-electron chi connectivity index (χ2n) is 5.20. The summed E-state index contributed by atoms with van der Waals surface area (Å²) in [6, 6.07) is 9.85. The van der Waals surface area contributed by atoms with Gasteiger partial charge in [0.25, 0.3) is 0 Å². The standard InChI is InChI=1S/C16H18N4O/c17-10-13-5-6-16(18-11-13)19-12-14(15-4-3-9-21-15)20-7-1-2-8-20/h3-6,9,11,14H,1-2,7-8,12H2,(H,18,19). The van der Waals surface area contributed by atoms with Crippen LogP contribution in [0.25, 0.3) is 0 Å². The summed E-state index contributed by atoms with van der Waals surface area (Å²) >= 11 is 0. The van der Waals surface area contributed by atoms with Crippen LogP contribution in [0, 0.1) is 11.3 Å². The molecule has 0 amide bonds. The number of nitrogens with zero attached hydrogens (tertiary/aromatic N) is 3. The van der Waals surface area contributed by atoms with E-state index in [2.05, 4.69) is 21.3 Å². The van der Waals surface area contributed by atoms with Crippen LogP contribution in [-0.2, 0) is 0 Å². The fourth-order valence-electron chi connectivity index (χ4n) is 2.71. The van der Waals surface area contributed by atoms with Crippen molar-refractivity contribution >= 4 is 5.82 Å². The quantitative estimate of drug-likeness (QED) is 0.913. The molecule has 1 saturated heterocycles. The summed E-state index contributed by atoms with van der Waals surface area (Å²) in [4.78, 5) is 6.69. The first-order valence-electron chi connectivity index (χ1n) is 7.24. The van der Waals surface area contributed by atoms with Crippen LogP contribution >= 0.6 is 0 Å². The first-order valence-corrected chi connectivity index (χ1v) is 7.24. The molecular formula is C16H18N4O. The number of anilines is 1. The maximum absolute atomic E-state index is 8.79. The highest BCUT2D eigenvalue weighted by atomic mass is 16.3. The molecule has 0 saturated carbocycles. The van der Waals surface area contributed by atoms with Crippen LogP contribution < -0.4 is 5.32 Å². The summed E-state index contributed by atoms with van der Waals surface area (Å²) in [5.74, 6) is 1.77. The first-order chi connectivity index (χ1) is 10.4. The normalized spacial score (nSPS) is 16.5. The topological polar surface area (TPSA) is 65.1 Å². The molecular weight excluding hydrogens is 264 g/mol. The van der Waals surface area contributed by atoms with Crippen molar-refractivity contribution < 1.29 is 4.42 Å². The number of furan rings is 1. The van der Waals surface area contributed by atoms with Crippen molar-refractivity contribution in [2.45, 2.75) is 18.9 Å². The average Bonchev–Trinajstić information content (AvgIpc) is 3.22. The minimum Gasteiger partial charge on any atom is -0.468 e. The Morgan fingerprint density at radius 2 is 2.19 bits per heavy atom. The molecule has 0 spiro atoms. The van der Waals surface area contributed by atoms with Gasteiger partial charge in [-0.25, -0.2) is 4.98 Å². The highest BCUT2D eigenvalue weighted by Crippen LogP contribution is 2.25. The molecule has 1 aliphatic rings. The number of hydrogen-bond acceptors (Lipinski definition) is 5. The highest BCUT2D eigenvalue weighted by Gasteiger charge is 2.25. The maximum atomic E-state index is 8.79. The van der Waals surface area contributed by atoms with Crippen LogP contribution in [0.5, 0.6) is 0 Å². The summed E-state index contributed by atoms with van der Waals surface area (Å²) < 4.78 is 5.59. The van der Waals surface area contributed by atoms with Gasteiger partial charge in [0.1, 0.15) is 17.6 Å². The van der Waals surface area contributed by atoms with E-state index in [-0.39, 0.29) is 6.04 Å². The SMILES string of the molecule is N#Cc1ccc(NCC(c2ccco2)N2CCCC2)nc1. The monoisotopic (exact) mass is 282 g/mol. The number of rotatable bonds is 5. The van der Waals surface area contributed by atoms with Crippen molar-refractivity contribution in [3.05, 3.63) is 48.0 Å². The molecule has 1 fully saturated rings.